The minimum absolute atomic E-state index is 0.140. The Kier molecular flexibility index (Phi) is 6.24. The third kappa shape index (κ3) is 4.95. The smallest absolute Gasteiger partial charge is 0.255 e. The lowest BCUT2D eigenvalue weighted by Crippen LogP contribution is -2.28. The van der Waals surface area contributed by atoms with E-state index < -0.39 is 0 Å². The summed E-state index contributed by atoms with van der Waals surface area (Å²) in [4.78, 5) is 25.2. The summed E-state index contributed by atoms with van der Waals surface area (Å²) in [7, 11) is 0. The number of nitrogens with one attached hydrogen (secondary N) is 2. The van der Waals surface area contributed by atoms with Crippen molar-refractivity contribution in [1.29, 1.82) is 0 Å². The standard InChI is InChI=1S/C22H19IN2O2/c1-15(16-7-3-2-4-8-16)24-22(27)19-9-5-6-10-20(19)25-21(26)17-11-13-18(23)14-12-17/h2-15H,1H3,(H,24,27)(H,25,26)/t15-/m1/s1. The Labute approximate surface area is 172 Å². The molecule has 27 heavy (non-hydrogen) atoms. The molecule has 0 aromatic heterocycles. The van der Waals surface area contributed by atoms with Gasteiger partial charge in [0.2, 0.25) is 0 Å². The molecule has 0 aliphatic carbocycles. The van der Waals surface area contributed by atoms with E-state index in [-0.39, 0.29) is 17.9 Å². The minimum atomic E-state index is -0.247. The van der Waals surface area contributed by atoms with Crippen molar-refractivity contribution in [1.82, 2.24) is 5.32 Å². The van der Waals surface area contributed by atoms with Crippen LogP contribution in [0.1, 0.15) is 39.2 Å². The van der Waals surface area contributed by atoms with Gasteiger partial charge in [0, 0.05) is 9.13 Å². The first-order chi connectivity index (χ1) is 13.0. The molecular weight excluding hydrogens is 451 g/mol. The van der Waals surface area contributed by atoms with Gasteiger partial charge in [-0.05, 0) is 71.5 Å². The van der Waals surface area contributed by atoms with Crippen LogP contribution in [0.2, 0.25) is 0 Å². The molecule has 0 aliphatic rings. The Morgan fingerprint density at radius 1 is 0.815 bits per heavy atom. The molecule has 5 heteroatoms. The molecule has 0 radical (unpaired) electrons. The molecule has 0 saturated carbocycles. The molecule has 4 nitrogen and oxygen atoms in total. The lowest BCUT2D eigenvalue weighted by atomic mass is 10.1. The normalized spacial score (nSPS) is 11.5. The van der Waals surface area contributed by atoms with Crippen LogP contribution in [0.3, 0.4) is 0 Å². The number of hydrogen-bond donors (Lipinski definition) is 2. The van der Waals surface area contributed by atoms with E-state index in [9.17, 15) is 9.59 Å². The third-order valence-electron chi connectivity index (χ3n) is 4.17. The lowest BCUT2D eigenvalue weighted by Gasteiger charge is -2.16. The van der Waals surface area contributed by atoms with Crippen molar-refractivity contribution in [2.24, 2.45) is 0 Å². The first-order valence-electron chi connectivity index (χ1n) is 8.56. The van der Waals surface area contributed by atoms with Crippen molar-refractivity contribution in [2.75, 3.05) is 5.32 Å². The number of rotatable bonds is 5. The van der Waals surface area contributed by atoms with Crippen LogP contribution in [0.5, 0.6) is 0 Å². The van der Waals surface area contributed by atoms with Crippen LogP contribution >= 0.6 is 22.6 Å². The minimum Gasteiger partial charge on any atom is -0.345 e. The Hall–Kier alpha value is -2.67. The van der Waals surface area contributed by atoms with Gasteiger partial charge in [0.15, 0.2) is 0 Å². The van der Waals surface area contributed by atoms with Gasteiger partial charge in [-0.25, -0.2) is 0 Å². The number of halogens is 1. The van der Waals surface area contributed by atoms with Crippen LogP contribution in [0.4, 0.5) is 5.69 Å². The van der Waals surface area contributed by atoms with E-state index >= 15 is 0 Å². The van der Waals surface area contributed by atoms with Crippen LogP contribution in [-0.2, 0) is 0 Å². The van der Waals surface area contributed by atoms with Gasteiger partial charge in [-0.1, -0.05) is 42.5 Å². The van der Waals surface area contributed by atoms with Gasteiger partial charge in [0.05, 0.1) is 17.3 Å². The fourth-order valence-electron chi connectivity index (χ4n) is 2.69. The number of para-hydroxylation sites is 1. The number of anilines is 1. The Bertz CT molecular complexity index is 940. The Balaban J connectivity index is 1.76. The van der Waals surface area contributed by atoms with E-state index in [2.05, 4.69) is 33.2 Å². The van der Waals surface area contributed by atoms with E-state index in [1.165, 1.54) is 0 Å². The number of amides is 2. The molecule has 0 aliphatic heterocycles. The molecule has 0 saturated heterocycles. The summed E-state index contributed by atoms with van der Waals surface area (Å²) in [5, 5.41) is 5.82. The summed E-state index contributed by atoms with van der Waals surface area (Å²) in [6, 6.07) is 23.9. The second-order valence-corrected chi connectivity index (χ2v) is 7.36. The molecule has 2 N–H and O–H groups in total. The maximum atomic E-state index is 12.7. The van der Waals surface area contributed by atoms with Crippen molar-refractivity contribution < 1.29 is 9.59 Å². The molecular formula is C22H19IN2O2. The van der Waals surface area contributed by atoms with Crippen molar-refractivity contribution >= 4 is 40.1 Å². The van der Waals surface area contributed by atoms with Gasteiger partial charge in [-0.2, -0.15) is 0 Å². The molecule has 2 amide bonds. The van der Waals surface area contributed by atoms with Crippen molar-refractivity contribution in [3.8, 4) is 0 Å². The van der Waals surface area contributed by atoms with E-state index in [0.717, 1.165) is 9.13 Å². The summed E-state index contributed by atoms with van der Waals surface area (Å²) in [5.74, 6) is -0.479. The number of carbonyl (C=O) groups excluding carboxylic acids is 2. The van der Waals surface area contributed by atoms with Gasteiger partial charge < -0.3 is 10.6 Å². The monoisotopic (exact) mass is 470 g/mol. The average Bonchev–Trinajstić information content (AvgIpc) is 2.69. The van der Waals surface area contributed by atoms with Gasteiger partial charge in [0.25, 0.3) is 11.8 Å². The Morgan fingerprint density at radius 3 is 2.15 bits per heavy atom. The topological polar surface area (TPSA) is 58.2 Å². The number of benzene rings is 3. The molecule has 0 heterocycles. The third-order valence-corrected chi connectivity index (χ3v) is 4.89. The maximum absolute atomic E-state index is 12.7. The van der Waals surface area contributed by atoms with Crippen LogP contribution in [0, 0.1) is 3.57 Å². The second-order valence-electron chi connectivity index (χ2n) is 6.11. The number of carbonyl (C=O) groups is 2. The highest BCUT2D eigenvalue weighted by Crippen LogP contribution is 2.19. The first-order valence-corrected chi connectivity index (χ1v) is 9.64. The molecule has 0 bridgehead atoms. The Morgan fingerprint density at radius 2 is 1.44 bits per heavy atom. The summed E-state index contributed by atoms with van der Waals surface area (Å²) in [6.45, 7) is 1.93. The zero-order valence-corrected chi connectivity index (χ0v) is 16.9. The van der Waals surface area contributed by atoms with E-state index in [1.54, 1.807) is 36.4 Å². The quantitative estimate of drug-likeness (QED) is 0.514. The summed E-state index contributed by atoms with van der Waals surface area (Å²) in [5.41, 5.74) is 2.48. The molecule has 3 rings (SSSR count). The van der Waals surface area contributed by atoms with Crippen LogP contribution in [0.25, 0.3) is 0 Å². The summed E-state index contributed by atoms with van der Waals surface area (Å²) < 4.78 is 1.05. The van der Waals surface area contributed by atoms with Gasteiger partial charge in [0.1, 0.15) is 0 Å². The average molecular weight is 470 g/mol. The highest BCUT2D eigenvalue weighted by molar-refractivity contribution is 14.1. The van der Waals surface area contributed by atoms with Gasteiger partial charge >= 0.3 is 0 Å². The molecule has 3 aromatic carbocycles. The van der Waals surface area contributed by atoms with Crippen LogP contribution in [0.15, 0.2) is 78.9 Å². The predicted molar refractivity (Wildman–Crippen MR) is 116 cm³/mol. The van der Waals surface area contributed by atoms with Crippen LogP contribution in [-0.4, -0.2) is 11.8 Å². The SMILES string of the molecule is C[C@@H](NC(=O)c1ccccc1NC(=O)c1ccc(I)cc1)c1ccccc1. The van der Waals surface area contributed by atoms with Crippen molar-refractivity contribution in [3.05, 3.63) is 99.1 Å². The molecule has 136 valence electrons. The van der Waals surface area contributed by atoms with E-state index in [0.29, 0.717) is 16.8 Å². The highest BCUT2D eigenvalue weighted by atomic mass is 127. The van der Waals surface area contributed by atoms with Crippen molar-refractivity contribution in [2.45, 2.75) is 13.0 Å². The molecule has 1 atom stereocenters. The van der Waals surface area contributed by atoms with Gasteiger partial charge in [-0.15, -0.1) is 0 Å². The molecule has 3 aromatic rings. The summed E-state index contributed by atoms with van der Waals surface area (Å²) >= 11 is 2.19. The fourth-order valence-corrected chi connectivity index (χ4v) is 3.04. The second kappa shape index (κ2) is 8.81. The van der Waals surface area contributed by atoms with Crippen molar-refractivity contribution in [3.63, 3.8) is 0 Å². The largest absolute Gasteiger partial charge is 0.345 e. The summed E-state index contributed by atoms with van der Waals surface area (Å²) in [6.07, 6.45) is 0. The van der Waals surface area contributed by atoms with E-state index in [1.807, 2.05) is 49.4 Å². The first kappa shape index (κ1) is 19.1. The zero-order chi connectivity index (χ0) is 19.2. The molecule has 0 unspecified atom stereocenters. The maximum Gasteiger partial charge on any atom is 0.255 e. The van der Waals surface area contributed by atoms with E-state index in [4.69, 9.17) is 0 Å². The number of hydrogen-bond acceptors (Lipinski definition) is 2. The van der Waals surface area contributed by atoms with Crippen LogP contribution < -0.4 is 10.6 Å². The molecule has 0 spiro atoms. The predicted octanol–water partition coefficient (Wildman–Crippen LogP) is 5.03. The molecule has 0 fully saturated rings. The fraction of sp³-hybridized carbons (Fsp3) is 0.0909. The zero-order valence-electron chi connectivity index (χ0n) is 14.8. The highest BCUT2D eigenvalue weighted by Gasteiger charge is 2.16. The van der Waals surface area contributed by atoms with Gasteiger partial charge in [-0.3, -0.25) is 9.59 Å². The lowest BCUT2D eigenvalue weighted by molar-refractivity contribution is 0.0941.